The van der Waals surface area contributed by atoms with Crippen LogP contribution in [0, 0.1) is 0 Å². The van der Waals surface area contributed by atoms with Crippen LogP contribution in [0.15, 0.2) is 48.5 Å². The lowest BCUT2D eigenvalue weighted by Gasteiger charge is -2.32. The number of anilines is 2. The van der Waals surface area contributed by atoms with Crippen molar-refractivity contribution in [3.8, 4) is 0 Å². The monoisotopic (exact) mass is 516 g/mol. The molecule has 0 N–H and O–H groups in total. The van der Waals surface area contributed by atoms with Gasteiger partial charge in [0.25, 0.3) is 11.8 Å². The third-order valence-electron chi connectivity index (χ3n) is 6.59. The standard InChI is InChI=1S/C30H32N2O6/c1-7-37-29(35)31(30(36)38-8-2)24-16-15-23-25-21(24)13-10-14-22(25)27(33)32(28(23)34)26-19(17(3)4)11-9-12-20(26)18(5)6/h9-18H,7-8H2,1-6H3. The summed E-state index contributed by atoms with van der Waals surface area (Å²) in [6, 6.07) is 13.9. The van der Waals surface area contributed by atoms with E-state index >= 15 is 0 Å². The number of amides is 4. The molecule has 198 valence electrons. The predicted molar refractivity (Wildman–Crippen MR) is 146 cm³/mol. The molecular formula is C30H32N2O6. The van der Waals surface area contributed by atoms with Crippen LogP contribution in [0.25, 0.3) is 10.8 Å². The summed E-state index contributed by atoms with van der Waals surface area (Å²) in [5.41, 5.74) is 3.20. The lowest BCUT2D eigenvalue weighted by atomic mass is 9.88. The van der Waals surface area contributed by atoms with Crippen LogP contribution < -0.4 is 9.80 Å². The van der Waals surface area contributed by atoms with Crippen molar-refractivity contribution in [2.75, 3.05) is 23.0 Å². The molecule has 3 aromatic rings. The molecule has 1 aliphatic rings. The van der Waals surface area contributed by atoms with Gasteiger partial charge in [-0.15, -0.1) is 0 Å². The van der Waals surface area contributed by atoms with Crippen molar-refractivity contribution >= 4 is 46.1 Å². The third kappa shape index (κ3) is 4.40. The summed E-state index contributed by atoms with van der Waals surface area (Å²) in [5.74, 6) is -0.767. The molecule has 0 saturated carbocycles. The second-order valence-electron chi connectivity index (χ2n) is 9.63. The molecule has 0 spiro atoms. The van der Waals surface area contributed by atoms with E-state index < -0.39 is 24.0 Å². The van der Waals surface area contributed by atoms with Crippen LogP contribution in [0.5, 0.6) is 0 Å². The number of carbonyl (C=O) groups is 4. The highest BCUT2D eigenvalue weighted by Gasteiger charge is 2.38. The Hall–Kier alpha value is -4.20. The fraction of sp³-hybridized carbons (Fsp3) is 0.333. The zero-order valence-corrected chi connectivity index (χ0v) is 22.5. The van der Waals surface area contributed by atoms with E-state index in [-0.39, 0.29) is 30.7 Å². The molecule has 0 saturated heterocycles. The number of hydrogen-bond acceptors (Lipinski definition) is 6. The Morgan fingerprint density at radius 1 is 0.763 bits per heavy atom. The zero-order valence-electron chi connectivity index (χ0n) is 22.5. The van der Waals surface area contributed by atoms with E-state index in [1.54, 1.807) is 38.1 Å². The average Bonchev–Trinajstić information content (AvgIpc) is 2.88. The lowest BCUT2D eigenvalue weighted by molar-refractivity contribution is 0.0892. The topological polar surface area (TPSA) is 93.2 Å². The van der Waals surface area contributed by atoms with Crippen LogP contribution in [0.1, 0.15) is 85.2 Å². The number of hydrogen-bond donors (Lipinski definition) is 0. The maximum Gasteiger partial charge on any atom is 0.424 e. The molecule has 0 fully saturated rings. The Balaban J connectivity index is 1.96. The molecule has 0 radical (unpaired) electrons. The summed E-state index contributed by atoms with van der Waals surface area (Å²) in [6.07, 6.45) is -1.82. The first kappa shape index (κ1) is 26.9. The van der Waals surface area contributed by atoms with Crippen LogP contribution >= 0.6 is 0 Å². The molecule has 0 atom stereocenters. The van der Waals surface area contributed by atoms with Gasteiger partial charge >= 0.3 is 12.2 Å². The van der Waals surface area contributed by atoms with Crippen molar-refractivity contribution in [2.45, 2.75) is 53.4 Å². The molecule has 1 aliphatic heterocycles. The Morgan fingerprint density at radius 3 is 1.76 bits per heavy atom. The third-order valence-corrected chi connectivity index (χ3v) is 6.59. The van der Waals surface area contributed by atoms with Gasteiger partial charge in [0.1, 0.15) is 0 Å². The number of carbonyl (C=O) groups excluding carboxylic acids is 4. The van der Waals surface area contributed by atoms with Crippen LogP contribution in [-0.4, -0.2) is 37.2 Å². The average molecular weight is 517 g/mol. The van der Waals surface area contributed by atoms with Crippen molar-refractivity contribution in [1.29, 1.82) is 0 Å². The van der Waals surface area contributed by atoms with Crippen LogP contribution in [0.3, 0.4) is 0 Å². The molecule has 0 bridgehead atoms. The van der Waals surface area contributed by atoms with Crippen molar-refractivity contribution < 1.29 is 28.7 Å². The molecule has 0 unspecified atom stereocenters. The minimum atomic E-state index is -0.908. The molecule has 38 heavy (non-hydrogen) atoms. The van der Waals surface area contributed by atoms with Gasteiger partial charge in [0.05, 0.1) is 24.6 Å². The van der Waals surface area contributed by atoms with E-state index in [2.05, 4.69) is 0 Å². The largest absolute Gasteiger partial charge is 0.449 e. The molecule has 0 aromatic heterocycles. The Kier molecular flexibility index (Phi) is 7.53. The van der Waals surface area contributed by atoms with Crippen molar-refractivity contribution in [3.05, 3.63) is 70.8 Å². The van der Waals surface area contributed by atoms with Gasteiger partial charge in [-0.25, -0.2) is 14.5 Å². The summed E-state index contributed by atoms with van der Waals surface area (Å²) in [7, 11) is 0. The number of nitrogens with zero attached hydrogens (tertiary/aromatic N) is 2. The summed E-state index contributed by atoms with van der Waals surface area (Å²) >= 11 is 0. The second-order valence-corrected chi connectivity index (χ2v) is 9.63. The van der Waals surface area contributed by atoms with Gasteiger partial charge in [-0.3, -0.25) is 9.59 Å². The first-order valence-electron chi connectivity index (χ1n) is 12.8. The quantitative estimate of drug-likeness (QED) is 0.327. The SMILES string of the molecule is CCOC(=O)N(C(=O)OCC)c1ccc2c3c(cccc13)C(=O)N(c1c(C(C)C)cccc1C(C)C)C2=O. The second kappa shape index (κ2) is 10.7. The van der Waals surface area contributed by atoms with E-state index in [1.165, 1.54) is 11.0 Å². The fourth-order valence-corrected chi connectivity index (χ4v) is 4.90. The van der Waals surface area contributed by atoms with Gasteiger partial charge in [-0.05, 0) is 55.0 Å². The lowest BCUT2D eigenvalue weighted by Crippen LogP contribution is -2.42. The highest BCUT2D eigenvalue weighted by Crippen LogP contribution is 2.42. The predicted octanol–water partition coefficient (Wildman–Crippen LogP) is 7.01. The van der Waals surface area contributed by atoms with Gasteiger partial charge in [-0.1, -0.05) is 58.0 Å². The normalized spacial score (nSPS) is 12.9. The minimum absolute atomic E-state index is 0.0510. The number of imide groups is 2. The number of ether oxygens (including phenoxy) is 2. The van der Waals surface area contributed by atoms with E-state index in [0.29, 0.717) is 27.6 Å². The minimum Gasteiger partial charge on any atom is -0.449 e. The first-order chi connectivity index (χ1) is 18.1. The van der Waals surface area contributed by atoms with Crippen LogP contribution in [0.2, 0.25) is 0 Å². The zero-order chi connectivity index (χ0) is 27.7. The Bertz CT molecular complexity index is 1380. The van der Waals surface area contributed by atoms with E-state index in [4.69, 9.17) is 9.47 Å². The highest BCUT2D eigenvalue weighted by molar-refractivity contribution is 6.37. The molecule has 8 heteroatoms. The summed E-state index contributed by atoms with van der Waals surface area (Å²) in [5, 5.41) is 0.770. The van der Waals surface area contributed by atoms with Gasteiger partial charge in [0, 0.05) is 21.9 Å². The van der Waals surface area contributed by atoms with Crippen molar-refractivity contribution in [1.82, 2.24) is 0 Å². The summed E-state index contributed by atoms with van der Waals surface area (Å²) in [6.45, 7) is 11.5. The van der Waals surface area contributed by atoms with Crippen LogP contribution in [0.4, 0.5) is 21.0 Å². The molecule has 3 aromatic carbocycles. The smallest absolute Gasteiger partial charge is 0.424 e. The van der Waals surface area contributed by atoms with Crippen LogP contribution in [-0.2, 0) is 9.47 Å². The number of rotatable bonds is 6. The molecule has 4 rings (SSSR count). The molecule has 8 nitrogen and oxygen atoms in total. The first-order valence-corrected chi connectivity index (χ1v) is 12.8. The summed E-state index contributed by atoms with van der Waals surface area (Å²) in [4.78, 5) is 55.7. The van der Waals surface area contributed by atoms with Crippen molar-refractivity contribution in [2.24, 2.45) is 0 Å². The van der Waals surface area contributed by atoms with Gasteiger partial charge in [-0.2, -0.15) is 4.90 Å². The maximum atomic E-state index is 14.0. The fourth-order valence-electron chi connectivity index (χ4n) is 4.90. The van der Waals surface area contributed by atoms with E-state index in [1.807, 2.05) is 45.9 Å². The molecule has 4 amide bonds. The van der Waals surface area contributed by atoms with Gasteiger partial charge < -0.3 is 9.47 Å². The van der Waals surface area contributed by atoms with E-state index in [0.717, 1.165) is 16.0 Å². The highest BCUT2D eigenvalue weighted by atomic mass is 16.6. The maximum absolute atomic E-state index is 14.0. The Labute approximate surface area is 222 Å². The van der Waals surface area contributed by atoms with Gasteiger partial charge in [0.2, 0.25) is 0 Å². The van der Waals surface area contributed by atoms with Gasteiger partial charge in [0.15, 0.2) is 0 Å². The number of para-hydroxylation sites is 1. The molecule has 1 heterocycles. The van der Waals surface area contributed by atoms with E-state index in [9.17, 15) is 19.2 Å². The molecular weight excluding hydrogens is 484 g/mol. The summed E-state index contributed by atoms with van der Waals surface area (Å²) < 4.78 is 10.2. The molecule has 0 aliphatic carbocycles. The number of benzene rings is 3. The Morgan fingerprint density at radius 2 is 1.26 bits per heavy atom. The van der Waals surface area contributed by atoms with Crippen molar-refractivity contribution in [3.63, 3.8) is 0 Å².